The zero-order chi connectivity index (χ0) is 39.1. The Balaban J connectivity index is 0.951. The molecule has 15 nitrogen and oxygen atoms in total. The lowest BCUT2D eigenvalue weighted by Gasteiger charge is -2.60. The summed E-state index contributed by atoms with van der Waals surface area (Å²) in [6.45, 7) is 7.73. The van der Waals surface area contributed by atoms with Gasteiger partial charge in [0.1, 0.15) is 54.6 Å². The molecule has 3 heterocycles. The molecule has 0 aromatic rings. The predicted molar refractivity (Wildman–Crippen MR) is 187 cm³/mol. The number of aliphatic hydroxyl groups is 9. The van der Waals surface area contributed by atoms with Gasteiger partial charge < -0.3 is 69.6 Å². The summed E-state index contributed by atoms with van der Waals surface area (Å²) in [5.74, 6) is -0.505. The maximum atomic E-state index is 14.1. The second-order valence-corrected chi connectivity index (χ2v) is 18.6. The smallest absolute Gasteiger partial charge is 0.186 e. The van der Waals surface area contributed by atoms with Gasteiger partial charge in [-0.1, -0.05) is 27.7 Å². The molecule has 15 heteroatoms. The highest BCUT2D eigenvalue weighted by Gasteiger charge is 2.69. The number of carbonyl (C=O) groups excluding carboxylic acids is 1. The SMILES string of the molecule is C[C@H](CC[C@@]1(O)O[C@H]2C[C@H]3[C@@H]4CC(=O)[C@H]5C[C@@H](O[C@@H]6O[C@H](CO)[C@@H](O)[C@H](O)[C@H]6O)CC[C@]5(C)[C@H]4CC[C@]3(C)[C@H]2[C@@H]1C)CO[C@@H]1O[C@H](CO)[C@@H](O)[C@H](O)[C@H]1O. The predicted octanol–water partition coefficient (Wildman–Crippen LogP) is -0.424. The first-order valence-corrected chi connectivity index (χ1v) is 20.3. The van der Waals surface area contributed by atoms with Gasteiger partial charge in [0, 0.05) is 24.7 Å². The molecular weight excluding hydrogens is 708 g/mol. The number of ether oxygens (including phenoxy) is 5. The monoisotopic (exact) mass is 772 g/mol. The van der Waals surface area contributed by atoms with Gasteiger partial charge in [-0.25, -0.2) is 0 Å². The summed E-state index contributed by atoms with van der Waals surface area (Å²) < 4.78 is 29.6. The standard InChI is InChI=1S/C39H64O15/c1-17(16-50-35-33(47)31(45)29(43)26(14-40)52-35)5-10-39(49)18(2)28-25(54-39)13-22-20-12-24(42)23-11-19(6-8-37(23,3)21(20)7-9-38(22,28)4)51-36-34(48)32(46)30(44)27(15-41)53-36/h17-23,25-36,40-41,43-49H,5-16H2,1-4H3/t17-,18+,19+,20-,21+,22+,23-,25+,26-,27-,28+,29-,30-,31+,32+,33-,34-,35-,36-,37-,38+,39-/m1/s1. The van der Waals surface area contributed by atoms with Crippen LogP contribution in [0.25, 0.3) is 0 Å². The zero-order valence-corrected chi connectivity index (χ0v) is 31.9. The third-order valence-corrected chi connectivity index (χ3v) is 15.7. The summed E-state index contributed by atoms with van der Waals surface area (Å²) in [7, 11) is 0. The molecule has 0 amide bonds. The zero-order valence-electron chi connectivity index (χ0n) is 31.9. The number of aliphatic hydroxyl groups excluding tert-OH is 8. The van der Waals surface area contributed by atoms with E-state index in [2.05, 4.69) is 20.8 Å². The van der Waals surface area contributed by atoms with Gasteiger partial charge in [0.2, 0.25) is 0 Å². The van der Waals surface area contributed by atoms with E-state index in [9.17, 15) is 50.8 Å². The lowest BCUT2D eigenvalue weighted by atomic mass is 9.44. The molecular formula is C39H64O15. The first-order valence-electron chi connectivity index (χ1n) is 20.3. The van der Waals surface area contributed by atoms with Gasteiger partial charge >= 0.3 is 0 Å². The van der Waals surface area contributed by atoms with E-state index in [0.29, 0.717) is 38.0 Å². The fraction of sp³-hybridized carbons (Fsp3) is 0.974. The maximum Gasteiger partial charge on any atom is 0.186 e. The molecule has 7 fully saturated rings. The molecule has 0 unspecified atom stereocenters. The Morgan fingerprint density at radius 1 is 0.815 bits per heavy atom. The largest absolute Gasteiger partial charge is 0.394 e. The van der Waals surface area contributed by atoms with E-state index in [1.807, 2.05) is 6.92 Å². The lowest BCUT2D eigenvalue weighted by Crippen LogP contribution is -2.61. The molecule has 4 aliphatic carbocycles. The van der Waals surface area contributed by atoms with Crippen molar-refractivity contribution in [3.05, 3.63) is 0 Å². The van der Waals surface area contributed by atoms with E-state index in [-0.39, 0.29) is 70.9 Å². The van der Waals surface area contributed by atoms with Crippen molar-refractivity contribution in [1.82, 2.24) is 0 Å². The molecule has 9 N–H and O–H groups in total. The third kappa shape index (κ3) is 6.83. The van der Waals surface area contributed by atoms with Crippen molar-refractivity contribution in [3.63, 3.8) is 0 Å². The van der Waals surface area contributed by atoms with Crippen molar-refractivity contribution < 1.29 is 74.4 Å². The Bertz CT molecular complexity index is 1330. The minimum Gasteiger partial charge on any atom is -0.394 e. The van der Waals surface area contributed by atoms with Crippen molar-refractivity contribution in [3.8, 4) is 0 Å². The van der Waals surface area contributed by atoms with E-state index in [1.165, 1.54) is 0 Å². The van der Waals surface area contributed by atoms with Crippen molar-refractivity contribution in [2.45, 2.75) is 165 Å². The molecule has 0 radical (unpaired) electrons. The Hall–Kier alpha value is -0.890. The Labute approximate surface area is 316 Å². The van der Waals surface area contributed by atoms with Crippen molar-refractivity contribution in [2.75, 3.05) is 19.8 Å². The molecule has 7 aliphatic rings. The Morgan fingerprint density at radius 2 is 1.43 bits per heavy atom. The maximum absolute atomic E-state index is 14.1. The van der Waals surface area contributed by atoms with Crippen LogP contribution >= 0.6 is 0 Å². The molecule has 54 heavy (non-hydrogen) atoms. The number of ketones is 1. The van der Waals surface area contributed by atoms with E-state index in [1.54, 1.807) is 0 Å². The molecule has 0 aromatic carbocycles. The number of rotatable bonds is 10. The highest BCUT2D eigenvalue weighted by Crippen LogP contribution is 2.70. The molecule has 310 valence electrons. The third-order valence-electron chi connectivity index (χ3n) is 15.7. The van der Waals surface area contributed by atoms with Crippen LogP contribution in [0.4, 0.5) is 0 Å². The molecule has 0 spiro atoms. The highest BCUT2D eigenvalue weighted by atomic mass is 16.7. The number of fused-ring (bicyclic) bond motifs is 7. The van der Waals surface area contributed by atoms with Gasteiger partial charge in [-0.05, 0) is 85.4 Å². The van der Waals surface area contributed by atoms with Gasteiger partial charge in [0.15, 0.2) is 18.4 Å². The Morgan fingerprint density at radius 3 is 2.07 bits per heavy atom. The van der Waals surface area contributed by atoms with Crippen LogP contribution in [-0.4, -0.2) is 151 Å². The average Bonchev–Trinajstić information content (AvgIpc) is 3.58. The summed E-state index contributed by atoms with van der Waals surface area (Å²) in [5.41, 5.74) is -0.310. The summed E-state index contributed by atoms with van der Waals surface area (Å²) in [5, 5.41) is 92.5. The van der Waals surface area contributed by atoms with E-state index < -0.39 is 80.4 Å². The fourth-order valence-electron chi connectivity index (χ4n) is 12.5. The second kappa shape index (κ2) is 15.4. The van der Waals surface area contributed by atoms with Gasteiger partial charge in [0.05, 0.1) is 32.0 Å². The number of hydrogen-bond donors (Lipinski definition) is 9. The summed E-state index contributed by atoms with van der Waals surface area (Å²) in [4.78, 5) is 14.1. The number of Topliss-reactive ketones (excluding diaryl/α,β-unsaturated/α-hetero) is 1. The van der Waals surface area contributed by atoms with Crippen LogP contribution in [0.3, 0.4) is 0 Å². The quantitative estimate of drug-likeness (QED) is 0.128. The molecule has 3 saturated heterocycles. The molecule has 22 atom stereocenters. The van der Waals surface area contributed by atoms with Crippen LogP contribution < -0.4 is 0 Å². The molecule has 0 aromatic heterocycles. The van der Waals surface area contributed by atoms with E-state index >= 15 is 0 Å². The normalized spacial score (nSPS) is 55.1. The van der Waals surface area contributed by atoms with Crippen LogP contribution in [-0.2, 0) is 28.5 Å². The minimum absolute atomic E-state index is 0.0592. The van der Waals surface area contributed by atoms with Gasteiger partial charge in [-0.3, -0.25) is 4.79 Å². The fourth-order valence-corrected chi connectivity index (χ4v) is 12.5. The van der Waals surface area contributed by atoms with Crippen molar-refractivity contribution in [2.24, 2.45) is 52.3 Å². The summed E-state index contributed by atoms with van der Waals surface area (Å²) >= 11 is 0. The highest BCUT2D eigenvalue weighted by molar-refractivity contribution is 5.83. The summed E-state index contributed by atoms with van der Waals surface area (Å²) in [6.07, 6.45) is -7.81. The topological polar surface area (TPSA) is 245 Å². The lowest BCUT2D eigenvalue weighted by molar-refractivity contribution is -0.315. The van der Waals surface area contributed by atoms with Crippen LogP contribution in [0.1, 0.15) is 85.5 Å². The van der Waals surface area contributed by atoms with Gasteiger partial charge in [0.25, 0.3) is 0 Å². The van der Waals surface area contributed by atoms with Gasteiger partial charge in [-0.2, -0.15) is 0 Å². The number of hydrogen-bond acceptors (Lipinski definition) is 15. The average molecular weight is 773 g/mol. The van der Waals surface area contributed by atoms with Crippen molar-refractivity contribution in [1.29, 1.82) is 0 Å². The first kappa shape index (κ1) is 41.3. The van der Waals surface area contributed by atoms with E-state index in [0.717, 1.165) is 25.7 Å². The summed E-state index contributed by atoms with van der Waals surface area (Å²) in [6, 6.07) is 0. The Kier molecular flexibility index (Phi) is 11.7. The van der Waals surface area contributed by atoms with Crippen molar-refractivity contribution >= 4 is 5.78 Å². The van der Waals surface area contributed by atoms with Crippen LogP contribution in [0.15, 0.2) is 0 Å². The first-order chi connectivity index (χ1) is 25.5. The molecule has 4 saturated carbocycles. The van der Waals surface area contributed by atoms with Crippen LogP contribution in [0.2, 0.25) is 0 Å². The van der Waals surface area contributed by atoms with Gasteiger partial charge in [-0.15, -0.1) is 0 Å². The minimum atomic E-state index is -1.52. The van der Waals surface area contributed by atoms with Crippen LogP contribution in [0, 0.1) is 52.3 Å². The van der Waals surface area contributed by atoms with Crippen LogP contribution in [0.5, 0.6) is 0 Å². The number of carbonyl (C=O) groups is 1. The molecule has 3 aliphatic heterocycles. The van der Waals surface area contributed by atoms with E-state index in [4.69, 9.17) is 23.7 Å². The molecule has 7 rings (SSSR count). The molecule has 0 bridgehead atoms. The second-order valence-electron chi connectivity index (χ2n) is 18.6.